The molecule has 0 saturated carbocycles. The molecule has 1 aromatic carbocycles. The molecule has 5 nitrogen and oxygen atoms in total. The maximum absolute atomic E-state index is 5.46. The lowest BCUT2D eigenvalue weighted by atomic mass is 10.1. The van der Waals surface area contributed by atoms with E-state index in [1.54, 1.807) is 29.4 Å². The van der Waals surface area contributed by atoms with Crippen LogP contribution in [-0.4, -0.2) is 19.7 Å². The highest BCUT2D eigenvalue weighted by molar-refractivity contribution is 7.98. The molecule has 0 aliphatic carbocycles. The monoisotopic (exact) mass is 382 g/mol. The van der Waals surface area contributed by atoms with Crippen molar-refractivity contribution < 1.29 is 4.42 Å². The van der Waals surface area contributed by atoms with Crippen LogP contribution < -0.4 is 0 Å². The van der Waals surface area contributed by atoms with Gasteiger partial charge in [-0.3, -0.25) is 4.57 Å². The average Bonchev–Trinajstić information content (AvgIpc) is 3.39. The summed E-state index contributed by atoms with van der Waals surface area (Å²) in [5.74, 6) is 2.26. The van der Waals surface area contributed by atoms with Gasteiger partial charge in [0.15, 0.2) is 16.7 Å². The van der Waals surface area contributed by atoms with Crippen molar-refractivity contribution in [2.24, 2.45) is 0 Å². The zero-order valence-corrected chi connectivity index (χ0v) is 16.2. The average molecular weight is 383 g/mol. The van der Waals surface area contributed by atoms with Crippen molar-refractivity contribution in [1.29, 1.82) is 0 Å². The Morgan fingerprint density at radius 1 is 1.19 bits per heavy atom. The SMILES string of the molecule is CCn1c(SCc2csc(-c3cccc(C)c3)n2)nnc1-c1ccco1. The van der Waals surface area contributed by atoms with Crippen LogP contribution in [0, 0.1) is 6.92 Å². The molecule has 4 rings (SSSR count). The van der Waals surface area contributed by atoms with Crippen LogP contribution >= 0.6 is 23.1 Å². The molecule has 0 bridgehead atoms. The van der Waals surface area contributed by atoms with Crippen LogP contribution in [0.3, 0.4) is 0 Å². The fourth-order valence-electron chi connectivity index (χ4n) is 2.69. The summed E-state index contributed by atoms with van der Waals surface area (Å²) in [6.45, 7) is 4.97. The van der Waals surface area contributed by atoms with E-state index < -0.39 is 0 Å². The molecule has 0 amide bonds. The highest BCUT2D eigenvalue weighted by Gasteiger charge is 2.15. The van der Waals surface area contributed by atoms with Gasteiger partial charge in [0.2, 0.25) is 0 Å². The normalized spacial score (nSPS) is 11.2. The number of thioether (sulfide) groups is 1. The molecule has 0 spiro atoms. The number of aryl methyl sites for hydroxylation is 1. The summed E-state index contributed by atoms with van der Waals surface area (Å²) >= 11 is 3.32. The van der Waals surface area contributed by atoms with Crippen LogP contribution in [0.15, 0.2) is 57.6 Å². The second kappa shape index (κ2) is 7.47. The third-order valence-corrected chi connectivity index (χ3v) is 5.88. The first kappa shape index (κ1) is 17.1. The summed E-state index contributed by atoms with van der Waals surface area (Å²) in [7, 11) is 0. The Hall–Kier alpha value is -2.38. The van der Waals surface area contributed by atoms with Gasteiger partial charge in [-0.1, -0.05) is 35.5 Å². The Balaban J connectivity index is 1.50. The zero-order valence-electron chi connectivity index (χ0n) is 14.5. The van der Waals surface area contributed by atoms with Gasteiger partial charge in [0.25, 0.3) is 0 Å². The molecule has 0 aliphatic rings. The highest BCUT2D eigenvalue weighted by atomic mass is 32.2. The maximum atomic E-state index is 5.46. The molecule has 4 aromatic rings. The van der Waals surface area contributed by atoms with E-state index in [4.69, 9.17) is 9.40 Å². The van der Waals surface area contributed by atoms with E-state index >= 15 is 0 Å². The molecule has 7 heteroatoms. The smallest absolute Gasteiger partial charge is 0.200 e. The molecule has 132 valence electrons. The number of hydrogen-bond donors (Lipinski definition) is 0. The molecular formula is C19H18N4OS2. The lowest BCUT2D eigenvalue weighted by Crippen LogP contribution is -1.99. The number of benzene rings is 1. The van der Waals surface area contributed by atoms with Gasteiger partial charge in [-0.15, -0.1) is 21.5 Å². The molecule has 0 radical (unpaired) electrons. The summed E-state index contributed by atoms with van der Waals surface area (Å²) in [6, 6.07) is 12.2. The van der Waals surface area contributed by atoms with Crippen LogP contribution in [0.2, 0.25) is 0 Å². The van der Waals surface area contributed by atoms with Crippen molar-refractivity contribution in [3.63, 3.8) is 0 Å². The molecule has 0 atom stereocenters. The largest absolute Gasteiger partial charge is 0.461 e. The zero-order chi connectivity index (χ0) is 17.9. The van der Waals surface area contributed by atoms with E-state index in [1.807, 2.05) is 12.1 Å². The van der Waals surface area contributed by atoms with Crippen LogP contribution in [0.5, 0.6) is 0 Å². The van der Waals surface area contributed by atoms with Crippen molar-refractivity contribution >= 4 is 23.1 Å². The van der Waals surface area contributed by atoms with E-state index in [1.165, 1.54) is 11.1 Å². The number of rotatable bonds is 6. The van der Waals surface area contributed by atoms with Crippen molar-refractivity contribution in [2.75, 3.05) is 0 Å². The second-order valence-electron chi connectivity index (χ2n) is 5.83. The van der Waals surface area contributed by atoms with E-state index in [-0.39, 0.29) is 0 Å². The van der Waals surface area contributed by atoms with E-state index in [0.717, 1.165) is 39.7 Å². The Bertz CT molecular complexity index is 1000. The van der Waals surface area contributed by atoms with Crippen molar-refractivity contribution in [3.05, 3.63) is 59.3 Å². The first-order valence-electron chi connectivity index (χ1n) is 8.36. The maximum Gasteiger partial charge on any atom is 0.200 e. The lowest BCUT2D eigenvalue weighted by Gasteiger charge is -2.04. The van der Waals surface area contributed by atoms with Crippen LogP contribution in [0.1, 0.15) is 18.2 Å². The minimum atomic E-state index is 0.738. The highest BCUT2D eigenvalue weighted by Crippen LogP contribution is 2.29. The van der Waals surface area contributed by atoms with Gasteiger partial charge < -0.3 is 4.42 Å². The van der Waals surface area contributed by atoms with E-state index in [0.29, 0.717) is 0 Å². The Kier molecular flexibility index (Phi) is 4.90. The fourth-order valence-corrected chi connectivity index (χ4v) is 4.51. The van der Waals surface area contributed by atoms with Crippen molar-refractivity contribution in [3.8, 4) is 22.2 Å². The molecule has 0 N–H and O–H groups in total. The van der Waals surface area contributed by atoms with Gasteiger partial charge in [-0.05, 0) is 32.0 Å². The van der Waals surface area contributed by atoms with Gasteiger partial charge in [-0.2, -0.15) is 0 Å². The Morgan fingerprint density at radius 3 is 2.88 bits per heavy atom. The number of nitrogens with zero attached hydrogens (tertiary/aromatic N) is 4. The molecule has 3 aromatic heterocycles. The predicted molar refractivity (Wildman–Crippen MR) is 105 cm³/mol. The summed E-state index contributed by atoms with van der Waals surface area (Å²) in [6.07, 6.45) is 1.65. The summed E-state index contributed by atoms with van der Waals surface area (Å²) < 4.78 is 7.52. The quantitative estimate of drug-likeness (QED) is 0.425. The molecular weight excluding hydrogens is 364 g/mol. The minimum absolute atomic E-state index is 0.738. The van der Waals surface area contributed by atoms with Crippen molar-refractivity contribution in [2.45, 2.75) is 31.3 Å². The first-order chi connectivity index (χ1) is 12.7. The van der Waals surface area contributed by atoms with Crippen LogP contribution in [0.25, 0.3) is 22.2 Å². The minimum Gasteiger partial charge on any atom is -0.461 e. The number of aromatic nitrogens is 4. The summed E-state index contributed by atoms with van der Waals surface area (Å²) in [5, 5.41) is 12.7. The molecule has 0 aliphatic heterocycles. The standard InChI is InChI=1S/C19H18N4OS2/c1-3-23-17(16-8-5-9-24-16)21-22-19(23)26-12-15-11-25-18(20-15)14-7-4-6-13(2)10-14/h4-11H,3,12H2,1-2H3. The predicted octanol–water partition coefficient (Wildman–Crippen LogP) is 5.28. The van der Waals surface area contributed by atoms with Crippen molar-refractivity contribution in [1.82, 2.24) is 19.7 Å². The first-order valence-corrected chi connectivity index (χ1v) is 10.2. The topological polar surface area (TPSA) is 56.7 Å². The van der Waals surface area contributed by atoms with Gasteiger partial charge in [0.05, 0.1) is 12.0 Å². The number of furan rings is 1. The summed E-state index contributed by atoms with van der Waals surface area (Å²) in [5.41, 5.74) is 3.47. The van der Waals surface area contributed by atoms with E-state index in [9.17, 15) is 0 Å². The lowest BCUT2D eigenvalue weighted by molar-refractivity contribution is 0.567. The third kappa shape index (κ3) is 3.45. The van der Waals surface area contributed by atoms with Gasteiger partial charge in [0.1, 0.15) is 5.01 Å². The molecule has 26 heavy (non-hydrogen) atoms. The molecule has 0 unspecified atom stereocenters. The van der Waals surface area contributed by atoms with Gasteiger partial charge >= 0.3 is 0 Å². The summed E-state index contributed by atoms with van der Waals surface area (Å²) in [4.78, 5) is 4.77. The Labute approximate surface area is 160 Å². The fraction of sp³-hybridized carbons (Fsp3) is 0.211. The molecule has 0 saturated heterocycles. The van der Waals surface area contributed by atoms with Gasteiger partial charge in [-0.25, -0.2) is 4.98 Å². The third-order valence-electron chi connectivity index (χ3n) is 3.94. The van der Waals surface area contributed by atoms with Crippen LogP contribution in [-0.2, 0) is 12.3 Å². The van der Waals surface area contributed by atoms with E-state index in [2.05, 4.69) is 58.3 Å². The Morgan fingerprint density at radius 2 is 2.12 bits per heavy atom. The number of thiazole rings is 1. The second-order valence-corrected chi connectivity index (χ2v) is 7.63. The molecule has 0 fully saturated rings. The number of hydrogen-bond acceptors (Lipinski definition) is 6. The molecule has 3 heterocycles. The van der Waals surface area contributed by atoms with Gasteiger partial charge in [0, 0.05) is 23.2 Å². The van der Waals surface area contributed by atoms with Crippen LogP contribution in [0.4, 0.5) is 0 Å².